The van der Waals surface area contributed by atoms with E-state index in [0.29, 0.717) is 17.4 Å². The lowest BCUT2D eigenvalue weighted by Gasteiger charge is -2.34. The van der Waals surface area contributed by atoms with E-state index in [9.17, 15) is 4.39 Å². The highest BCUT2D eigenvalue weighted by molar-refractivity contribution is 5.44. The zero-order valence-corrected chi connectivity index (χ0v) is 9.49. The third-order valence-corrected chi connectivity index (χ3v) is 3.20. The first kappa shape index (κ1) is 11.3. The number of nitrogens with zero attached hydrogens (tertiary/aromatic N) is 2. The molecule has 2 heterocycles. The van der Waals surface area contributed by atoms with Gasteiger partial charge in [-0.15, -0.1) is 0 Å². The number of halogens is 1. The average molecular weight is 224 g/mol. The predicted molar refractivity (Wildman–Crippen MR) is 60.8 cm³/mol. The highest BCUT2D eigenvalue weighted by Gasteiger charge is 2.23. The molecule has 1 aromatic heterocycles. The molecule has 1 unspecified atom stereocenters. The van der Waals surface area contributed by atoms with Crippen molar-refractivity contribution in [3.8, 4) is 0 Å². The van der Waals surface area contributed by atoms with Gasteiger partial charge in [0.1, 0.15) is 0 Å². The molecule has 1 aromatic rings. The van der Waals surface area contributed by atoms with Crippen LogP contribution >= 0.6 is 0 Å². The number of hydrogen-bond acceptors (Lipinski definition) is 3. The van der Waals surface area contributed by atoms with Crippen molar-refractivity contribution in [2.75, 3.05) is 11.4 Å². The molecule has 4 heteroatoms. The minimum Gasteiger partial charge on any atom is -0.392 e. The molecule has 0 aliphatic carbocycles. The van der Waals surface area contributed by atoms with Crippen molar-refractivity contribution in [1.82, 2.24) is 4.98 Å². The Bertz CT molecular complexity index is 370. The highest BCUT2D eigenvalue weighted by Crippen LogP contribution is 2.26. The lowest BCUT2D eigenvalue weighted by molar-refractivity contribution is 0.275. The molecule has 0 amide bonds. The first-order valence-electron chi connectivity index (χ1n) is 5.75. The van der Waals surface area contributed by atoms with Crippen molar-refractivity contribution in [2.24, 2.45) is 0 Å². The molecule has 0 aromatic carbocycles. The van der Waals surface area contributed by atoms with Crippen LogP contribution in [0.1, 0.15) is 31.7 Å². The average Bonchev–Trinajstić information content (AvgIpc) is 2.31. The third kappa shape index (κ3) is 2.02. The lowest BCUT2D eigenvalue weighted by atomic mass is 10.0. The molecule has 0 spiro atoms. The quantitative estimate of drug-likeness (QED) is 0.835. The summed E-state index contributed by atoms with van der Waals surface area (Å²) in [6, 6.07) is 1.85. The van der Waals surface area contributed by atoms with Crippen LogP contribution in [-0.4, -0.2) is 22.7 Å². The molecule has 2 rings (SSSR count). The first-order valence-corrected chi connectivity index (χ1v) is 5.75. The van der Waals surface area contributed by atoms with Crippen molar-refractivity contribution in [3.63, 3.8) is 0 Å². The maximum Gasteiger partial charge on any atom is 0.171 e. The summed E-state index contributed by atoms with van der Waals surface area (Å²) in [4.78, 5) is 6.10. The summed E-state index contributed by atoms with van der Waals surface area (Å²) in [7, 11) is 0. The molecule has 1 aliphatic heterocycles. The summed E-state index contributed by atoms with van der Waals surface area (Å²) in [5.41, 5.74) is 0.322. The van der Waals surface area contributed by atoms with Gasteiger partial charge in [0.2, 0.25) is 0 Å². The molecule has 3 nitrogen and oxygen atoms in total. The van der Waals surface area contributed by atoms with Gasteiger partial charge in [-0.25, -0.2) is 9.37 Å². The third-order valence-electron chi connectivity index (χ3n) is 3.20. The number of aliphatic hydroxyl groups excluding tert-OH is 1. The van der Waals surface area contributed by atoms with Crippen LogP contribution in [0.15, 0.2) is 12.3 Å². The molecule has 16 heavy (non-hydrogen) atoms. The van der Waals surface area contributed by atoms with Gasteiger partial charge < -0.3 is 10.0 Å². The van der Waals surface area contributed by atoms with Gasteiger partial charge in [0, 0.05) is 24.3 Å². The van der Waals surface area contributed by atoms with Gasteiger partial charge in [-0.1, -0.05) is 0 Å². The Kier molecular flexibility index (Phi) is 3.39. The van der Waals surface area contributed by atoms with Crippen LogP contribution in [0.4, 0.5) is 10.2 Å². The summed E-state index contributed by atoms with van der Waals surface area (Å²) in [6.07, 6.45) is 4.91. The number of aromatic nitrogens is 1. The fraction of sp³-hybridized carbons (Fsp3) is 0.583. The van der Waals surface area contributed by atoms with Gasteiger partial charge in [-0.05, 0) is 32.3 Å². The number of pyridine rings is 1. The summed E-state index contributed by atoms with van der Waals surface area (Å²) in [6.45, 7) is 2.66. The summed E-state index contributed by atoms with van der Waals surface area (Å²) < 4.78 is 14.0. The van der Waals surface area contributed by atoms with Crippen LogP contribution in [-0.2, 0) is 6.61 Å². The van der Waals surface area contributed by atoms with Crippen LogP contribution in [0.2, 0.25) is 0 Å². The van der Waals surface area contributed by atoms with Gasteiger partial charge in [0.05, 0.1) is 6.61 Å². The van der Waals surface area contributed by atoms with Crippen LogP contribution in [0.25, 0.3) is 0 Å². The molecular weight excluding hydrogens is 207 g/mol. The van der Waals surface area contributed by atoms with Crippen LogP contribution in [0.3, 0.4) is 0 Å². The zero-order valence-electron chi connectivity index (χ0n) is 9.49. The van der Waals surface area contributed by atoms with E-state index in [-0.39, 0.29) is 12.4 Å². The van der Waals surface area contributed by atoms with Crippen LogP contribution < -0.4 is 4.90 Å². The van der Waals surface area contributed by atoms with E-state index in [0.717, 1.165) is 19.4 Å². The minimum atomic E-state index is -0.376. The molecule has 88 valence electrons. The van der Waals surface area contributed by atoms with E-state index >= 15 is 0 Å². The van der Waals surface area contributed by atoms with Gasteiger partial charge in [-0.3, -0.25) is 0 Å². The van der Waals surface area contributed by atoms with Gasteiger partial charge in [-0.2, -0.15) is 0 Å². The molecule has 1 saturated heterocycles. The van der Waals surface area contributed by atoms with E-state index in [2.05, 4.69) is 11.9 Å². The second kappa shape index (κ2) is 4.78. The number of anilines is 1. The fourth-order valence-electron chi connectivity index (χ4n) is 2.21. The summed E-state index contributed by atoms with van der Waals surface area (Å²) >= 11 is 0. The molecule has 0 bridgehead atoms. The normalized spacial score (nSPS) is 21.2. The Morgan fingerprint density at radius 3 is 3.06 bits per heavy atom. The lowest BCUT2D eigenvalue weighted by Crippen LogP contribution is -2.38. The van der Waals surface area contributed by atoms with Crippen molar-refractivity contribution in [3.05, 3.63) is 23.6 Å². The molecule has 0 radical (unpaired) electrons. The molecule has 0 saturated carbocycles. The Labute approximate surface area is 94.9 Å². The van der Waals surface area contributed by atoms with E-state index < -0.39 is 0 Å². The van der Waals surface area contributed by atoms with Gasteiger partial charge in [0.15, 0.2) is 11.6 Å². The Balaban J connectivity index is 2.31. The monoisotopic (exact) mass is 224 g/mol. The largest absolute Gasteiger partial charge is 0.392 e. The molecule has 1 fully saturated rings. The molecule has 1 aliphatic rings. The van der Waals surface area contributed by atoms with Crippen molar-refractivity contribution in [1.29, 1.82) is 0 Å². The van der Waals surface area contributed by atoms with E-state index in [1.54, 1.807) is 6.20 Å². The zero-order chi connectivity index (χ0) is 11.5. The highest BCUT2D eigenvalue weighted by atomic mass is 19.1. The number of rotatable bonds is 2. The molecule has 1 atom stereocenters. The number of piperidine rings is 1. The topological polar surface area (TPSA) is 36.4 Å². The van der Waals surface area contributed by atoms with Gasteiger partial charge >= 0.3 is 0 Å². The van der Waals surface area contributed by atoms with Crippen molar-refractivity contribution < 1.29 is 9.50 Å². The fourth-order valence-corrected chi connectivity index (χ4v) is 2.21. The molecule has 1 N–H and O–H groups in total. The van der Waals surface area contributed by atoms with E-state index in [4.69, 9.17) is 5.11 Å². The van der Waals surface area contributed by atoms with E-state index in [1.807, 2.05) is 4.90 Å². The second-order valence-corrected chi connectivity index (χ2v) is 4.30. The smallest absolute Gasteiger partial charge is 0.171 e. The number of hydrogen-bond donors (Lipinski definition) is 1. The van der Waals surface area contributed by atoms with Crippen LogP contribution in [0.5, 0.6) is 0 Å². The van der Waals surface area contributed by atoms with Crippen molar-refractivity contribution >= 4 is 5.82 Å². The Hall–Kier alpha value is -1.16. The maximum atomic E-state index is 14.0. The maximum absolute atomic E-state index is 14.0. The Morgan fingerprint density at radius 1 is 1.56 bits per heavy atom. The van der Waals surface area contributed by atoms with Gasteiger partial charge in [0.25, 0.3) is 0 Å². The summed E-state index contributed by atoms with van der Waals surface area (Å²) in [5, 5.41) is 9.02. The number of aliphatic hydroxyl groups is 1. The van der Waals surface area contributed by atoms with E-state index in [1.165, 1.54) is 12.5 Å². The molecular formula is C12H17FN2O. The Morgan fingerprint density at radius 2 is 2.38 bits per heavy atom. The second-order valence-electron chi connectivity index (χ2n) is 4.30. The summed E-state index contributed by atoms with van der Waals surface area (Å²) in [5.74, 6) is 0.0116. The predicted octanol–water partition coefficient (Wildman–Crippen LogP) is 2.09. The van der Waals surface area contributed by atoms with Crippen LogP contribution in [0, 0.1) is 5.82 Å². The SMILES string of the molecule is CC1CCCCN1c1nccc(CO)c1F. The van der Waals surface area contributed by atoms with Crippen molar-refractivity contribution in [2.45, 2.75) is 38.8 Å². The minimum absolute atomic E-state index is 0.274. The first-order chi connectivity index (χ1) is 7.74. The standard InChI is InChI=1S/C12H17FN2O/c1-9-4-2-3-7-15(9)12-11(13)10(8-16)5-6-14-12/h5-6,9,16H,2-4,7-8H2,1H3.